The third kappa shape index (κ3) is 4.93. The van der Waals surface area contributed by atoms with Gasteiger partial charge in [-0.2, -0.15) is 0 Å². The van der Waals surface area contributed by atoms with E-state index in [0.29, 0.717) is 29.2 Å². The fourth-order valence-corrected chi connectivity index (χ4v) is 2.81. The Morgan fingerprint density at radius 1 is 1.13 bits per heavy atom. The van der Waals surface area contributed by atoms with E-state index in [1.165, 1.54) is 30.3 Å². The van der Waals surface area contributed by atoms with Gasteiger partial charge < -0.3 is 20.5 Å². The molecule has 0 aromatic heterocycles. The number of nitrogens with one attached hydrogen (secondary N) is 1. The molecule has 0 unspecified atom stereocenters. The third-order valence-electron chi connectivity index (χ3n) is 4.16. The molecule has 8 nitrogen and oxygen atoms in total. The minimum atomic E-state index is -0.621. The summed E-state index contributed by atoms with van der Waals surface area (Å²) in [5.41, 5.74) is 6.39. The van der Waals surface area contributed by atoms with E-state index in [9.17, 15) is 18.8 Å². The van der Waals surface area contributed by atoms with E-state index in [2.05, 4.69) is 5.32 Å². The fourth-order valence-electron chi connectivity index (χ4n) is 2.81. The van der Waals surface area contributed by atoms with Crippen LogP contribution in [-0.4, -0.2) is 36.0 Å². The van der Waals surface area contributed by atoms with Crippen LogP contribution in [0.1, 0.15) is 18.1 Å². The summed E-state index contributed by atoms with van der Waals surface area (Å²) in [5, 5.41) is 2.53. The summed E-state index contributed by atoms with van der Waals surface area (Å²) in [5.74, 6) is -0.823. The van der Waals surface area contributed by atoms with E-state index in [1.807, 2.05) is 0 Å². The number of hydrogen-bond donors (Lipinski definition) is 2. The van der Waals surface area contributed by atoms with Crippen molar-refractivity contribution in [3.63, 3.8) is 0 Å². The summed E-state index contributed by atoms with van der Waals surface area (Å²) < 4.78 is 23.9. The first-order valence-electron chi connectivity index (χ1n) is 9.14. The van der Waals surface area contributed by atoms with Crippen LogP contribution in [0.2, 0.25) is 0 Å². The number of ether oxygens (including phenoxy) is 2. The van der Waals surface area contributed by atoms with E-state index >= 15 is 0 Å². The number of halogens is 1. The van der Waals surface area contributed by atoms with Crippen molar-refractivity contribution in [2.45, 2.75) is 13.5 Å². The number of urea groups is 1. The summed E-state index contributed by atoms with van der Waals surface area (Å²) in [6.45, 7) is 1.87. The number of hydrogen-bond acceptors (Lipinski definition) is 5. The lowest BCUT2D eigenvalue weighted by atomic mass is 10.1. The van der Waals surface area contributed by atoms with E-state index in [0.717, 1.165) is 4.90 Å². The second-order valence-electron chi connectivity index (χ2n) is 6.40. The Kier molecular flexibility index (Phi) is 6.31. The van der Waals surface area contributed by atoms with Crippen molar-refractivity contribution in [2.75, 3.05) is 13.2 Å². The number of carbonyl (C=O) groups is 3. The predicted octanol–water partition coefficient (Wildman–Crippen LogP) is 2.18. The fraction of sp³-hybridized carbons (Fsp3) is 0.190. The minimum Gasteiger partial charge on any atom is -0.490 e. The van der Waals surface area contributed by atoms with Gasteiger partial charge in [0.25, 0.3) is 11.8 Å². The summed E-state index contributed by atoms with van der Waals surface area (Å²) in [4.78, 5) is 36.8. The SMILES string of the molecule is CCOc1cc(/C=C2/NC(=O)N(Cc3ccc(F)cc3)C2=O)ccc1OCC(N)=O. The first kappa shape index (κ1) is 20.8. The maximum atomic E-state index is 13.1. The maximum absolute atomic E-state index is 13.1. The highest BCUT2D eigenvalue weighted by atomic mass is 19.1. The first-order valence-corrected chi connectivity index (χ1v) is 9.14. The lowest BCUT2D eigenvalue weighted by Crippen LogP contribution is -2.30. The van der Waals surface area contributed by atoms with Crippen LogP contribution in [-0.2, 0) is 16.1 Å². The molecule has 0 radical (unpaired) electrons. The molecule has 1 saturated heterocycles. The van der Waals surface area contributed by atoms with Crippen LogP contribution in [0.5, 0.6) is 11.5 Å². The summed E-state index contributed by atoms with van der Waals surface area (Å²) in [6, 6.07) is 9.83. The smallest absolute Gasteiger partial charge is 0.329 e. The zero-order chi connectivity index (χ0) is 21.7. The molecule has 2 aromatic rings. The average Bonchev–Trinajstić information content (AvgIpc) is 2.96. The van der Waals surface area contributed by atoms with Crippen LogP contribution in [0, 0.1) is 5.82 Å². The van der Waals surface area contributed by atoms with E-state index in [-0.39, 0.29) is 18.8 Å². The van der Waals surface area contributed by atoms with Crippen molar-refractivity contribution in [3.05, 3.63) is 65.1 Å². The van der Waals surface area contributed by atoms with Crippen LogP contribution in [0.25, 0.3) is 6.08 Å². The molecule has 30 heavy (non-hydrogen) atoms. The maximum Gasteiger partial charge on any atom is 0.329 e. The monoisotopic (exact) mass is 413 g/mol. The summed E-state index contributed by atoms with van der Waals surface area (Å²) in [7, 11) is 0. The number of nitrogens with two attached hydrogens (primary N) is 1. The van der Waals surface area contributed by atoms with Gasteiger partial charge in [0.2, 0.25) is 0 Å². The second kappa shape index (κ2) is 9.08. The zero-order valence-corrected chi connectivity index (χ0v) is 16.2. The third-order valence-corrected chi connectivity index (χ3v) is 4.16. The molecule has 0 spiro atoms. The lowest BCUT2D eigenvalue weighted by molar-refractivity contribution is -0.123. The predicted molar refractivity (Wildman–Crippen MR) is 106 cm³/mol. The number of amides is 4. The van der Waals surface area contributed by atoms with Gasteiger partial charge in [-0.15, -0.1) is 0 Å². The van der Waals surface area contributed by atoms with Gasteiger partial charge in [0.15, 0.2) is 18.1 Å². The number of primary amides is 1. The van der Waals surface area contributed by atoms with Gasteiger partial charge in [-0.3, -0.25) is 14.5 Å². The Balaban J connectivity index is 1.79. The van der Waals surface area contributed by atoms with Gasteiger partial charge in [-0.25, -0.2) is 9.18 Å². The van der Waals surface area contributed by atoms with Crippen LogP contribution in [0.4, 0.5) is 9.18 Å². The molecule has 9 heteroatoms. The summed E-state index contributed by atoms with van der Waals surface area (Å²) >= 11 is 0. The Morgan fingerprint density at radius 2 is 1.87 bits per heavy atom. The summed E-state index contributed by atoms with van der Waals surface area (Å²) in [6.07, 6.45) is 1.51. The van der Waals surface area contributed by atoms with Gasteiger partial charge in [0.1, 0.15) is 11.5 Å². The number of rotatable bonds is 8. The van der Waals surface area contributed by atoms with Crippen molar-refractivity contribution < 1.29 is 28.2 Å². The molecule has 0 saturated carbocycles. The van der Waals surface area contributed by atoms with Crippen molar-refractivity contribution in [2.24, 2.45) is 5.73 Å². The molecule has 1 heterocycles. The van der Waals surface area contributed by atoms with Gasteiger partial charge in [-0.1, -0.05) is 18.2 Å². The highest BCUT2D eigenvalue weighted by Crippen LogP contribution is 2.30. The average molecular weight is 413 g/mol. The molecule has 1 aliphatic rings. The Morgan fingerprint density at radius 3 is 2.53 bits per heavy atom. The van der Waals surface area contributed by atoms with Gasteiger partial charge in [0.05, 0.1) is 13.2 Å². The van der Waals surface area contributed by atoms with Crippen molar-refractivity contribution in [3.8, 4) is 11.5 Å². The van der Waals surface area contributed by atoms with Crippen LogP contribution in [0.15, 0.2) is 48.2 Å². The molecule has 0 bridgehead atoms. The molecule has 3 N–H and O–H groups in total. The normalized spacial score (nSPS) is 14.7. The highest BCUT2D eigenvalue weighted by Gasteiger charge is 2.33. The molecular formula is C21H20FN3O5. The van der Waals surface area contributed by atoms with Crippen LogP contribution < -0.4 is 20.5 Å². The standard InChI is InChI=1S/C21H20FN3O5/c1-2-29-18-10-14(5-8-17(18)30-12-19(23)26)9-16-20(27)25(21(28)24-16)11-13-3-6-15(22)7-4-13/h3-10H,2,11-12H2,1H3,(H2,23,26)(H,24,28)/b16-9+. The van der Waals surface area contributed by atoms with Gasteiger partial charge in [-0.05, 0) is 48.4 Å². The first-order chi connectivity index (χ1) is 14.4. The van der Waals surface area contributed by atoms with Crippen molar-refractivity contribution in [1.29, 1.82) is 0 Å². The second-order valence-corrected chi connectivity index (χ2v) is 6.40. The molecule has 3 rings (SSSR count). The highest BCUT2D eigenvalue weighted by molar-refractivity contribution is 6.13. The number of carbonyl (C=O) groups excluding carboxylic acids is 3. The Hall–Kier alpha value is -3.88. The molecule has 2 aromatic carbocycles. The number of imide groups is 1. The van der Waals surface area contributed by atoms with Crippen LogP contribution >= 0.6 is 0 Å². The zero-order valence-electron chi connectivity index (χ0n) is 16.2. The topological polar surface area (TPSA) is 111 Å². The molecule has 4 amide bonds. The van der Waals surface area contributed by atoms with Gasteiger partial charge >= 0.3 is 6.03 Å². The Labute approximate surface area is 172 Å². The molecule has 1 aliphatic heterocycles. The molecule has 1 fully saturated rings. The van der Waals surface area contributed by atoms with E-state index < -0.39 is 23.7 Å². The van der Waals surface area contributed by atoms with Crippen molar-refractivity contribution in [1.82, 2.24) is 10.2 Å². The molecular weight excluding hydrogens is 393 g/mol. The minimum absolute atomic E-state index is 0.0202. The quantitative estimate of drug-likeness (QED) is 0.509. The molecule has 156 valence electrons. The lowest BCUT2D eigenvalue weighted by Gasteiger charge is -2.12. The molecule has 0 atom stereocenters. The Bertz CT molecular complexity index is 1000. The largest absolute Gasteiger partial charge is 0.490 e. The molecule has 0 aliphatic carbocycles. The van der Waals surface area contributed by atoms with Crippen molar-refractivity contribution >= 4 is 23.9 Å². The van der Waals surface area contributed by atoms with Crippen LogP contribution in [0.3, 0.4) is 0 Å². The van der Waals surface area contributed by atoms with E-state index in [4.69, 9.17) is 15.2 Å². The van der Waals surface area contributed by atoms with Gasteiger partial charge in [0, 0.05) is 0 Å². The number of nitrogens with zero attached hydrogens (tertiary/aromatic N) is 1. The number of benzene rings is 2. The van der Waals surface area contributed by atoms with E-state index in [1.54, 1.807) is 25.1 Å².